The number of anilines is 1. The number of nitrogens with one attached hydrogen (secondary N) is 1. The van der Waals surface area contributed by atoms with Crippen molar-refractivity contribution < 1.29 is 14.3 Å². The van der Waals surface area contributed by atoms with Crippen LogP contribution in [-0.2, 0) is 16.1 Å². The summed E-state index contributed by atoms with van der Waals surface area (Å²) in [6, 6.07) is 22.7. The van der Waals surface area contributed by atoms with Crippen LogP contribution in [0.5, 0.6) is 5.75 Å². The van der Waals surface area contributed by atoms with E-state index in [0.717, 1.165) is 36.1 Å². The summed E-state index contributed by atoms with van der Waals surface area (Å²) in [6.45, 7) is 1.17. The first-order valence-electron chi connectivity index (χ1n) is 10.9. The Kier molecular flexibility index (Phi) is 7.27. The van der Waals surface area contributed by atoms with Crippen molar-refractivity contribution in [3.05, 3.63) is 83.4 Å². The van der Waals surface area contributed by atoms with Gasteiger partial charge >= 0.3 is 0 Å². The number of hydrogen-bond acceptors (Lipinski definition) is 4. The van der Waals surface area contributed by atoms with E-state index in [-0.39, 0.29) is 24.5 Å². The Bertz CT molecular complexity index is 1140. The third-order valence-corrected chi connectivity index (χ3v) is 6.05. The lowest BCUT2D eigenvalue weighted by molar-refractivity contribution is -0.122. The highest BCUT2D eigenvalue weighted by atomic mass is 35.5. The number of carbonyl (C=O) groups is 2. The van der Waals surface area contributed by atoms with Gasteiger partial charge < -0.3 is 15.8 Å². The molecule has 6 nitrogen and oxygen atoms in total. The van der Waals surface area contributed by atoms with Crippen molar-refractivity contribution >= 4 is 29.1 Å². The molecule has 0 saturated carbocycles. The number of halogens is 1. The predicted molar refractivity (Wildman–Crippen MR) is 130 cm³/mol. The number of hydrogen-bond donors (Lipinski definition) is 2. The molecule has 170 valence electrons. The minimum absolute atomic E-state index is 0.174. The molecule has 3 aromatic rings. The van der Waals surface area contributed by atoms with Crippen molar-refractivity contribution in [2.45, 2.75) is 25.4 Å². The van der Waals surface area contributed by atoms with Gasteiger partial charge in [-0.1, -0.05) is 66.2 Å². The smallest absolute Gasteiger partial charge is 0.262 e. The van der Waals surface area contributed by atoms with E-state index in [9.17, 15) is 9.59 Å². The van der Waals surface area contributed by atoms with E-state index < -0.39 is 0 Å². The van der Waals surface area contributed by atoms with Crippen LogP contribution in [0.25, 0.3) is 11.1 Å². The second-order valence-electron chi connectivity index (χ2n) is 8.04. The molecule has 0 aromatic heterocycles. The molecule has 0 aliphatic carbocycles. The summed E-state index contributed by atoms with van der Waals surface area (Å²) in [5.74, 6) is -0.155. The number of likely N-dealkylation sites (tertiary alicyclic amines) is 1. The fraction of sp³-hybridized carbons (Fsp3) is 0.231. The molecule has 3 aromatic carbocycles. The van der Waals surface area contributed by atoms with Gasteiger partial charge in [-0.2, -0.15) is 0 Å². The third-order valence-electron chi connectivity index (χ3n) is 5.75. The number of primary amides is 1. The van der Waals surface area contributed by atoms with Crippen molar-refractivity contribution in [3.63, 3.8) is 0 Å². The van der Waals surface area contributed by atoms with Crippen molar-refractivity contribution in [2.24, 2.45) is 5.73 Å². The average molecular weight is 464 g/mol. The Hall–Kier alpha value is -3.35. The van der Waals surface area contributed by atoms with Gasteiger partial charge in [-0.3, -0.25) is 14.5 Å². The molecule has 1 atom stereocenters. The SMILES string of the molecule is NC(=O)C1CCCN1Cc1ccccc1NC(=O)COc1ccc(-c2ccccc2)cc1Cl. The maximum absolute atomic E-state index is 12.6. The van der Waals surface area contributed by atoms with E-state index in [1.807, 2.05) is 66.7 Å². The number of nitrogens with two attached hydrogens (primary N) is 1. The largest absolute Gasteiger partial charge is 0.482 e. The van der Waals surface area contributed by atoms with Crippen LogP contribution in [0.1, 0.15) is 18.4 Å². The molecule has 1 aliphatic heterocycles. The molecule has 1 heterocycles. The zero-order chi connectivity index (χ0) is 23.2. The van der Waals surface area contributed by atoms with Crippen LogP contribution in [0.2, 0.25) is 5.02 Å². The van der Waals surface area contributed by atoms with Gasteiger partial charge in [0.05, 0.1) is 11.1 Å². The van der Waals surface area contributed by atoms with Crippen molar-refractivity contribution in [1.82, 2.24) is 4.90 Å². The first-order valence-corrected chi connectivity index (χ1v) is 11.3. The van der Waals surface area contributed by atoms with Gasteiger partial charge in [0, 0.05) is 12.2 Å². The van der Waals surface area contributed by atoms with E-state index in [0.29, 0.717) is 23.0 Å². The monoisotopic (exact) mass is 463 g/mol. The maximum atomic E-state index is 12.6. The predicted octanol–water partition coefficient (Wildman–Crippen LogP) is 4.47. The highest BCUT2D eigenvalue weighted by Gasteiger charge is 2.29. The summed E-state index contributed by atoms with van der Waals surface area (Å²) in [5, 5.41) is 3.35. The highest BCUT2D eigenvalue weighted by Crippen LogP contribution is 2.30. The van der Waals surface area contributed by atoms with Gasteiger partial charge in [-0.25, -0.2) is 0 Å². The van der Waals surface area contributed by atoms with E-state index in [2.05, 4.69) is 10.2 Å². The first-order chi connectivity index (χ1) is 16.0. The number of nitrogens with zero attached hydrogens (tertiary/aromatic N) is 1. The second kappa shape index (κ2) is 10.5. The number of benzene rings is 3. The summed E-state index contributed by atoms with van der Waals surface area (Å²) < 4.78 is 5.67. The van der Waals surface area contributed by atoms with Crippen LogP contribution in [0.15, 0.2) is 72.8 Å². The molecular weight excluding hydrogens is 438 g/mol. The highest BCUT2D eigenvalue weighted by molar-refractivity contribution is 6.32. The van der Waals surface area contributed by atoms with Gasteiger partial charge in [0.25, 0.3) is 5.91 Å². The number of amides is 2. The van der Waals surface area contributed by atoms with Crippen LogP contribution in [0.3, 0.4) is 0 Å². The Morgan fingerprint density at radius 3 is 2.55 bits per heavy atom. The van der Waals surface area contributed by atoms with Gasteiger partial charge in [0.2, 0.25) is 5.91 Å². The normalized spacial score (nSPS) is 15.8. The summed E-state index contributed by atoms with van der Waals surface area (Å²) >= 11 is 6.38. The second-order valence-corrected chi connectivity index (χ2v) is 8.44. The third kappa shape index (κ3) is 5.72. The van der Waals surface area contributed by atoms with E-state index >= 15 is 0 Å². The van der Waals surface area contributed by atoms with E-state index in [1.54, 1.807) is 6.07 Å². The Morgan fingerprint density at radius 2 is 1.79 bits per heavy atom. The summed E-state index contributed by atoms with van der Waals surface area (Å²) in [4.78, 5) is 26.3. The van der Waals surface area contributed by atoms with Crippen LogP contribution in [0, 0.1) is 0 Å². The van der Waals surface area contributed by atoms with E-state index in [1.165, 1.54) is 0 Å². The van der Waals surface area contributed by atoms with Gasteiger partial charge in [0.1, 0.15) is 5.75 Å². The van der Waals surface area contributed by atoms with Gasteiger partial charge in [0.15, 0.2) is 6.61 Å². The molecule has 0 radical (unpaired) electrons. The molecule has 1 aliphatic rings. The van der Waals surface area contributed by atoms with Crippen LogP contribution >= 0.6 is 11.6 Å². The lowest BCUT2D eigenvalue weighted by atomic mass is 10.1. The Morgan fingerprint density at radius 1 is 1.03 bits per heavy atom. The van der Waals surface area contributed by atoms with Crippen LogP contribution in [-0.4, -0.2) is 35.9 Å². The number of rotatable bonds is 8. The number of carbonyl (C=O) groups excluding carboxylic acids is 2. The van der Waals surface area contributed by atoms with E-state index in [4.69, 9.17) is 22.1 Å². The minimum Gasteiger partial charge on any atom is -0.482 e. The van der Waals surface area contributed by atoms with Gasteiger partial charge in [-0.05, 0) is 54.3 Å². The summed E-state index contributed by atoms with van der Waals surface area (Å²) in [6.07, 6.45) is 1.70. The maximum Gasteiger partial charge on any atom is 0.262 e. The molecular formula is C26H26ClN3O3. The molecule has 1 fully saturated rings. The lowest BCUT2D eigenvalue weighted by Crippen LogP contribution is -2.39. The molecule has 2 amide bonds. The number of ether oxygens (including phenoxy) is 1. The van der Waals surface area contributed by atoms with Crippen LogP contribution in [0.4, 0.5) is 5.69 Å². The fourth-order valence-electron chi connectivity index (χ4n) is 4.09. The lowest BCUT2D eigenvalue weighted by Gasteiger charge is -2.23. The molecule has 33 heavy (non-hydrogen) atoms. The molecule has 0 spiro atoms. The Balaban J connectivity index is 1.37. The standard InChI is InChI=1S/C26H26ClN3O3/c27-21-15-19(18-7-2-1-3-8-18)12-13-24(21)33-17-25(31)29-22-10-5-4-9-20(22)16-30-14-6-11-23(30)26(28)32/h1-5,7-10,12-13,15,23H,6,11,14,16-17H2,(H2,28,32)(H,29,31). The van der Waals surface area contributed by atoms with Crippen LogP contribution < -0.4 is 15.8 Å². The quantitative estimate of drug-likeness (QED) is 0.516. The Labute approximate surface area is 198 Å². The molecule has 1 saturated heterocycles. The number of para-hydroxylation sites is 1. The summed E-state index contributed by atoms with van der Waals surface area (Å²) in [5.41, 5.74) is 9.17. The zero-order valence-electron chi connectivity index (χ0n) is 18.2. The summed E-state index contributed by atoms with van der Waals surface area (Å²) in [7, 11) is 0. The first kappa shape index (κ1) is 22.8. The molecule has 7 heteroatoms. The minimum atomic E-state index is -0.308. The van der Waals surface area contributed by atoms with Gasteiger partial charge in [-0.15, -0.1) is 0 Å². The van der Waals surface area contributed by atoms with Crippen molar-refractivity contribution in [3.8, 4) is 16.9 Å². The fourth-order valence-corrected chi connectivity index (χ4v) is 4.33. The van der Waals surface area contributed by atoms with Crippen molar-refractivity contribution in [2.75, 3.05) is 18.5 Å². The zero-order valence-corrected chi connectivity index (χ0v) is 18.9. The molecule has 1 unspecified atom stereocenters. The molecule has 3 N–H and O–H groups in total. The van der Waals surface area contributed by atoms with Crippen molar-refractivity contribution in [1.29, 1.82) is 0 Å². The topological polar surface area (TPSA) is 84.7 Å². The molecule has 0 bridgehead atoms. The molecule has 4 rings (SSSR count). The average Bonchev–Trinajstić information content (AvgIpc) is 3.29.